The number of hydrogen-bond acceptors (Lipinski definition) is 1. The van der Waals surface area contributed by atoms with Crippen molar-refractivity contribution in [3.05, 3.63) is 35.4 Å². The lowest BCUT2D eigenvalue weighted by Crippen LogP contribution is -2.19. The molecule has 1 saturated carbocycles. The van der Waals surface area contributed by atoms with Crippen LogP contribution in [0.1, 0.15) is 64.0 Å². The predicted octanol–water partition coefficient (Wildman–Crippen LogP) is 4.23. The van der Waals surface area contributed by atoms with Crippen molar-refractivity contribution in [2.45, 2.75) is 64.3 Å². The van der Waals surface area contributed by atoms with Crippen molar-refractivity contribution in [3.8, 4) is 0 Å². The third-order valence-corrected chi connectivity index (χ3v) is 3.93. The Hall–Kier alpha value is -0.820. The fraction of sp³-hybridized carbons (Fsp3) is 0.647. The second kappa shape index (κ2) is 5.44. The van der Waals surface area contributed by atoms with Crippen LogP contribution in [0.3, 0.4) is 0 Å². The van der Waals surface area contributed by atoms with E-state index in [1.165, 1.54) is 30.4 Å². The number of rotatable bonds is 5. The monoisotopic (exact) mass is 245 g/mol. The number of hydrogen-bond donors (Lipinski definition) is 1. The van der Waals surface area contributed by atoms with Gasteiger partial charge in [0, 0.05) is 6.04 Å². The maximum atomic E-state index is 3.59. The van der Waals surface area contributed by atoms with Crippen LogP contribution in [0.15, 0.2) is 24.3 Å². The van der Waals surface area contributed by atoms with Crippen LogP contribution in [0.25, 0.3) is 0 Å². The van der Waals surface area contributed by atoms with Gasteiger partial charge in [-0.3, -0.25) is 0 Å². The van der Waals surface area contributed by atoms with E-state index in [1.807, 2.05) is 0 Å². The van der Waals surface area contributed by atoms with Crippen LogP contribution in [0, 0.1) is 0 Å². The molecule has 1 aromatic rings. The van der Waals surface area contributed by atoms with E-state index < -0.39 is 0 Å². The highest BCUT2D eigenvalue weighted by atomic mass is 14.9. The van der Waals surface area contributed by atoms with Crippen molar-refractivity contribution in [2.24, 2.45) is 0 Å². The Morgan fingerprint density at radius 1 is 1.17 bits per heavy atom. The van der Waals surface area contributed by atoms with Gasteiger partial charge in [0.1, 0.15) is 0 Å². The molecule has 1 nitrogen and oxygen atoms in total. The lowest BCUT2D eigenvalue weighted by atomic mass is 9.85. The highest BCUT2D eigenvalue weighted by molar-refractivity contribution is 5.29. The summed E-state index contributed by atoms with van der Waals surface area (Å²) in [5.74, 6) is 0.658. The lowest BCUT2D eigenvalue weighted by Gasteiger charge is -2.20. The Morgan fingerprint density at radius 2 is 1.78 bits per heavy atom. The van der Waals surface area contributed by atoms with Crippen molar-refractivity contribution >= 4 is 0 Å². The molecule has 1 atom stereocenters. The molecule has 0 bridgehead atoms. The first-order chi connectivity index (χ1) is 8.47. The molecule has 0 radical (unpaired) electrons. The second-order valence-corrected chi connectivity index (χ2v) is 6.79. The van der Waals surface area contributed by atoms with E-state index in [9.17, 15) is 0 Å². The largest absolute Gasteiger partial charge is 0.314 e. The molecule has 0 aliphatic heterocycles. The summed E-state index contributed by atoms with van der Waals surface area (Å²) in [6.45, 7) is 10.3. The van der Waals surface area contributed by atoms with Gasteiger partial charge in [-0.1, -0.05) is 52.0 Å². The Kier molecular flexibility index (Phi) is 4.11. The highest BCUT2D eigenvalue weighted by Crippen LogP contribution is 2.26. The minimum Gasteiger partial charge on any atom is -0.314 e. The van der Waals surface area contributed by atoms with Gasteiger partial charge in [0.2, 0.25) is 0 Å². The minimum absolute atomic E-state index is 0.259. The number of benzene rings is 1. The fourth-order valence-electron chi connectivity index (χ4n) is 2.27. The summed E-state index contributed by atoms with van der Waals surface area (Å²) in [7, 11) is 0. The van der Waals surface area contributed by atoms with E-state index in [4.69, 9.17) is 0 Å². The molecule has 1 aliphatic carbocycles. The summed E-state index contributed by atoms with van der Waals surface area (Å²) in [5.41, 5.74) is 3.16. The molecule has 1 aromatic carbocycles. The third kappa shape index (κ3) is 3.84. The van der Waals surface area contributed by atoms with E-state index in [0.29, 0.717) is 5.92 Å². The first kappa shape index (κ1) is 13.6. The lowest BCUT2D eigenvalue weighted by molar-refractivity contribution is 0.583. The molecule has 0 amide bonds. The molecule has 1 heteroatoms. The van der Waals surface area contributed by atoms with Crippen LogP contribution >= 0.6 is 0 Å². The summed E-state index contributed by atoms with van der Waals surface area (Å²) in [6.07, 6.45) is 4.01. The SMILES string of the molecule is CC(CCNC1CC1)c1ccc(C(C)(C)C)cc1. The quantitative estimate of drug-likeness (QED) is 0.818. The Balaban J connectivity index is 1.87. The van der Waals surface area contributed by atoms with Crippen LogP contribution in [0.2, 0.25) is 0 Å². The Bertz CT molecular complexity index is 368. The molecule has 100 valence electrons. The zero-order chi connectivity index (χ0) is 13.2. The third-order valence-electron chi connectivity index (χ3n) is 3.93. The van der Waals surface area contributed by atoms with E-state index in [0.717, 1.165) is 12.6 Å². The van der Waals surface area contributed by atoms with Gasteiger partial charge in [-0.15, -0.1) is 0 Å². The van der Waals surface area contributed by atoms with Gasteiger partial charge in [0.15, 0.2) is 0 Å². The van der Waals surface area contributed by atoms with E-state index >= 15 is 0 Å². The van der Waals surface area contributed by atoms with Crippen molar-refractivity contribution in [1.82, 2.24) is 5.32 Å². The van der Waals surface area contributed by atoms with Crippen molar-refractivity contribution < 1.29 is 0 Å². The molecule has 0 heterocycles. The highest BCUT2D eigenvalue weighted by Gasteiger charge is 2.20. The topological polar surface area (TPSA) is 12.0 Å². The van der Waals surface area contributed by atoms with Crippen LogP contribution < -0.4 is 5.32 Å². The van der Waals surface area contributed by atoms with Crippen LogP contribution in [-0.2, 0) is 5.41 Å². The molecular formula is C17H27N. The van der Waals surface area contributed by atoms with Gasteiger partial charge in [-0.25, -0.2) is 0 Å². The van der Waals surface area contributed by atoms with Crippen molar-refractivity contribution in [1.29, 1.82) is 0 Å². The summed E-state index contributed by atoms with van der Waals surface area (Å²) in [4.78, 5) is 0. The van der Waals surface area contributed by atoms with E-state index in [1.54, 1.807) is 0 Å². The van der Waals surface area contributed by atoms with Crippen LogP contribution in [0.4, 0.5) is 0 Å². The predicted molar refractivity (Wildman–Crippen MR) is 79.2 cm³/mol. The maximum Gasteiger partial charge on any atom is 0.00682 e. The maximum absolute atomic E-state index is 3.59. The second-order valence-electron chi connectivity index (χ2n) is 6.79. The molecule has 1 N–H and O–H groups in total. The molecule has 1 fully saturated rings. The fourth-order valence-corrected chi connectivity index (χ4v) is 2.27. The van der Waals surface area contributed by atoms with Gasteiger partial charge in [0.25, 0.3) is 0 Å². The molecule has 0 saturated heterocycles. The smallest absolute Gasteiger partial charge is 0.00682 e. The average molecular weight is 245 g/mol. The van der Waals surface area contributed by atoms with E-state index in [-0.39, 0.29) is 5.41 Å². The van der Waals surface area contributed by atoms with Gasteiger partial charge in [0.05, 0.1) is 0 Å². The first-order valence-electron chi connectivity index (χ1n) is 7.30. The van der Waals surface area contributed by atoms with Crippen LogP contribution in [0.5, 0.6) is 0 Å². The average Bonchev–Trinajstić information content (AvgIpc) is 3.12. The summed E-state index contributed by atoms with van der Waals surface area (Å²) in [5, 5.41) is 3.59. The van der Waals surface area contributed by atoms with E-state index in [2.05, 4.69) is 57.3 Å². The standard InChI is InChI=1S/C17H27N/c1-13(11-12-18-16-9-10-16)14-5-7-15(8-6-14)17(2,3)4/h5-8,13,16,18H,9-12H2,1-4H3. The molecule has 1 unspecified atom stereocenters. The van der Waals surface area contributed by atoms with Gasteiger partial charge in [-0.05, 0) is 48.3 Å². The Labute approximate surface area is 112 Å². The molecule has 0 aromatic heterocycles. The molecule has 2 rings (SSSR count). The number of nitrogens with one attached hydrogen (secondary N) is 1. The molecular weight excluding hydrogens is 218 g/mol. The molecule has 1 aliphatic rings. The van der Waals surface area contributed by atoms with Gasteiger partial charge >= 0.3 is 0 Å². The molecule has 18 heavy (non-hydrogen) atoms. The van der Waals surface area contributed by atoms with Crippen molar-refractivity contribution in [2.75, 3.05) is 6.54 Å². The van der Waals surface area contributed by atoms with Gasteiger partial charge in [-0.2, -0.15) is 0 Å². The normalized spacial score (nSPS) is 17.8. The summed E-state index contributed by atoms with van der Waals surface area (Å²) >= 11 is 0. The molecule has 0 spiro atoms. The summed E-state index contributed by atoms with van der Waals surface area (Å²) in [6, 6.07) is 10.0. The van der Waals surface area contributed by atoms with Gasteiger partial charge < -0.3 is 5.32 Å². The first-order valence-corrected chi connectivity index (χ1v) is 7.30. The zero-order valence-corrected chi connectivity index (χ0v) is 12.3. The Morgan fingerprint density at radius 3 is 2.28 bits per heavy atom. The van der Waals surface area contributed by atoms with Crippen LogP contribution in [-0.4, -0.2) is 12.6 Å². The summed E-state index contributed by atoms with van der Waals surface area (Å²) < 4.78 is 0. The minimum atomic E-state index is 0.259. The zero-order valence-electron chi connectivity index (χ0n) is 12.3. The van der Waals surface area contributed by atoms with Crippen molar-refractivity contribution in [3.63, 3.8) is 0 Å².